The van der Waals surface area contributed by atoms with Crippen LogP contribution in [-0.4, -0.2) is 34.9 Å². The molecule has 62 heavy (non-hydrogen) atoms. The van der Waals surface area contributed by atoms with Gasteiger partial charge in [-0.1, -0.05) is 261 Å². The quantitative estimate of drug-likeness (QED) is 0.0421. The first-order valence-electron chi connectivity index (χ1n) is 27.5. The smallest absolute Gasteiger partial charge is 0.220 e. The summed E-state index contributed by atoms with van der Waals surface area (Å²) in [6.07, 6.45) is 75.2. The largest absolute Gasteiger partial charge is 0.394 e. The molecule has 0 aliphatic carbocycles. The van der Waals surface area contributed by atoms with E-state index >= 15 is 0 Å². The fourth-order valence-corrected chi connectivity index (χ4v) is 8.24. The summed E-state index contributed by atoms with van der Waals surface area (Å²) in [6, 6.07) is -0.649. The summed E-state index contributed by atoms with van der Waals surface area (Å²) in [6.45, 7) is 4.30. The van der Waals surface area contributed by atoms with Crippen LogP contribution in [0, 0.1) is 0 Å². The molecule has 4 nitrogen and oxygen atoms in total. The number of carbonyl (C=O) groups excluding carboxylic acids is 1. The van der Waals surface area contributed by atoms with Gasteiger partial charge in [0.05, 0.1) is 18.8 Å². The molecule has 0 bridgehead atoms. The van der Waals surface area contributed by atoms with Gasteiger partial charge in [0.15, 0.2) is 0 Å². The van der Waals surface area contributed by atoms with Gasteiger partial charge in [-0.05, 0) is 77.0 Å². The third kappa shape index (κ3) is 49.1. The van der Waals surface area contributed by atoms with Crippen LogP contribution in [0.2, 0.25) is 0 Å². The molecule has 4 heteroatoms. The summed E-state index contributed by atoms with van der Waals surface area (Å²) in [7, 11) is 0. The van der Waals surface area contributed by atoms with Crippen LogP contribution in [-0.2, 0) is 4.79 Å². The van der Waals surface area contributed by atoms with Crippen molar-refractivity contribution in [3.05, 3.63) is 60.8 Å². The Morgan fingerprint density at radius 2 is 0.677 bits per heavy atom. The van der Waals surface area contributed by atoms with Gasteiger partial charge >= 0.3 is 0 Å². The van der Waals surface area contributed by atoms with Gasteiger partial charge in [-0.2, -0.15) is 0 Å². The number of allylic oxidation sites excluding steroid dienone is 9. The monoisotopic (exact) mass is 866 g/mol. The van der Waals surface area contributed by atoms with Crippen LogP contribution in [0.5, 0.6) is 0 Å². The lowest BCUT2D eigenvalue weighted by atomic mass is 10.0. The van der Waals surface area contributed by atoms with Gasteiger partial charge in [0.1, 0.15) is 0 Å². The molecule has 2 atom stereocenters. The molecule has 0 aromatic carbocycles. The zero-order chi connectivity index (χ0) is 44.9. The van der Waals surface area contributed by atoms with Crippen LogP contribution in [0.15, 0.2) is 60.8 Å². The van der Waals surface area contributed by atoms with Crippen LogP contribution in [0.3, 0.4) is 0 Å². The lowest BCUT2D eigenvalue weighted by molar-refractivity contribution is -0.123. The first-order chi connectivity index (χ1) is 30.7. The standard InChI is InChI=1S/C58H107NO3/c1-3-5-7-9-11-13-15-17-19-21-23-25-27-28-29-30-32-33-35-37-39-41-43-45-47-49-51-53-57(61)56(55-60)59-58(62)54-52-50-48-46-44-42-40-38-36-34-31-26-24-22-20-18-16-14-12-10-8-6-4-2/h16,18,22,24,35,37,43,45,51,53,56-57,60-61H,3-15,17,19-21,23,25-34,36,38-42,44,46-50,52,54-55H2,1-2H3,(H,59,62)/b18-16-,24-22-,37-35+,45-43+,53-51+. The molecule has 362 valence electrons. The average Bonchev–Trinajstić information content (AvgIpc) is 3.28. The van der Waals surface area contributed by atoms with Crippen molar-refractivity contribution in [2.45, 2.75) is 296 Å². The van der Waals surface area contributed by atoms with Crippen molar-refractivity contribution in [3.63, 3.8) is 0 Å². The van der Waals surface area contributed by atoms with E-state index in [1.165, 1.54) is 218 Å². The Morgan fingerprint density at radius 3 is 1.03 bits per heavy atom. The topological polar surface area (TPSA) is 69.6 Å². The van der Waals surface area contributed by atoms with E-state index in [0.29, 0.717) is 6.42 Å². The molecule has 0 aromatic heterocycles. The zero-order valence-electron chi connectivity index (χ0n) is 41.6. The fourth-order valence-electron chi connectivity index (χ4n) is 8.24. The minimum Gasteiger partial charge on any atom is -0.394 e. The van der Waals surface area contributed by atoms with Crippen molar-refractivity contribution in [1.82, 2.24) is 5.32 Å². The van der Waals surface area contributed by atoms with E-state index in [4.69, 9.17) is 0 Å². The lowest BCUT2D eigenvalue weighted by Crippen LogP contribution is -2.45. The van der Waals surface area contributed by atoms with E-state index in [1.807, 2.05) is 6.08 Å². The van der Waals surface area contributed by atoms with Gasteiger partial charge in [-0.15, -0.1) is 0 Å². The Hall–Kier alpha value is -1.91. The number of aliphatic hydroxyl groups excluding tert-OH is 2. The Kier molecular flexibility index (Phi) is 51.8. The maximum absolute atomic E-state index is 12.5. The van der Waals surface area contributed by atoms with Crippen LogP contribution in [0.25, 0.3) is 0 Å². The maximum atomic E-state index is 12.5. The number of hydrogen-bond donors (Lipinski definition) is 3. The van der Waals surface area contributed by atoms with Crippen molar-refractivity contribution < 1.29 is 15.0 Å². The molecule has 0 heterocycles. The minimum absolute atomic E-state index is 0.0791. The SMILES string of the molecule is CCCCCCC/C=C\C/C=C\CCCCCCCCCCCCCC(=O)NC(CO)C(O)/C=C/CC/C=C/CC/C=C/CCCCCCCCCCCCCCCCCCC. The minimum atomic E-state index is -0.874. The van der Waals surface area contributed by atoms with Gasteiger partial charge in [0.25, 0.3) is 0 Å². The molecule has 0 aliphatic heterocycles. The molecule has 0 aliphatic rings. The van der Waals surface area contributed by atoms with Crippen molar-refractivity contribution in [2.24, 2.45) is 0 Å². The number of rotatable bonds is 50. The molecule has 0 rings (SSSR count). The Labute approximate surface area is 387 Å². The van der Waals surface area contributed by atoms with Crippen LogP contribution in [0.1, 0.15) is 284 Å². The highest BCUT2D eigenvalue weighted by Gasteiger charge is 2.17. The predicted molar refractivity (Wildman–Crippen MR) is 276 cm³/mol. The van der Waals surface area contributed by atoms with E-state index in [-0.39, 0.29) is 12.5 Å². The number of carbonyl (C=O) groups is 1. The first kappa shape index (κ1) is 60.1. The summed E-state index contributed by atoms with van der Waals surface area (Å²) in [5, 5.41) is 23.1. The third-order valence-electron chi connectivity index (χ3n) is 12.5. The molecule has 3 N–H and O–H groups in total. The molecule has 0 radical (unpaired) electrons. The second-order valence-corrected chi connectivity index (χ2v) is 18.6. The number of hydrogen-bond acceptors (Lipinski definition) is 3. The molecule has 0 saturated heterocycles. The van der Waals surface area contributed by atoms with Gasteiger partial charge in [0, 0.05) is 6.42 Å². The van der Waals surface area contributed by atoms with E-state index in [9.17, 15) is 15.0 Å². The summed E-state index contributed by atoms with van der Waals surface area (Å²) in [5.41, 5.74) is 0. The number of amides is 1. The average molecular weight is 866 g/mol. The number of unbranched alkanes of at least 4 members (excludes halogenated alkanes) is 35. The van der Waals surface area contributed by atoms with Crippen molar-refractivity contribution in [3.8, 4) is 0 Å². The Morgan fingerprint density at radius 1 is 0.387 bits per heavy atom. The van der Waals surface area contributed by atoms with E-state index in [2.05, 4.69) is 67.8 Å². The Balaban J connectivity index is 3.58. The highest BCUT2D eigenvalue weighted by atomic mass is 16.3. The molecule has 1 amide bonds. The summed E-state index contributed by atoms with van der Waals surface area (Å²) in [5.74, 6) is -0.0791. The summed E-state index contributed by atoms with van der Waals surface area (Å²) in [4.78, 5) is 12.5. The van der Waals surface area contributed by atoms with Crippen molar-refractivity contribution >= 4 is 5.91 Å². The number of aliphatic hydroxyl groups is 2. The summed E-state index contributed by atoms with van der Waals surface area (Å²) >= 11 is 0. The van der Waals surface area contributed by atoms with Gasteiger partial charge in [0.2, 0.25) is 5.91 Å². The van der Waals surface area contributed by atoms with Gasteiger partial charge < -0.3 is 15.5 Å². The molecule has 0 fully saturated rings. The highest BCUT2D eigenvalue weighted by molar-refractivity contribution is 5.76. The molecule has 2 unspecified atom stereocenters. The third-order valence-corrected chi connectivity index (χ3v) is 12.5. The van der Waals surface area contributed by atoms with Crippen LogP contribution < -0.4 is 5.32 Å². The van der Waals surface area contributed by atoms with E-state index in [1.54, 1.807) is 6.08 Å². The molecular weight excluding hydrogens is 759 g/mol. The van der Waals surface area contributed by atoms with Crippen LogP contribution in [0.4, 0.5) is 0 Å². The van der Waals surface area contributed by atoms with Gasteiger partial charge in [-0.25, -0.2) is 0 Å². The molecule has 0 spiro atoms. The second-order valence-electron chi connectivity index (χ2n) is 18.6. The molecule has 0 saturated carbocycles. The van der Waals surface area contributed by atoms with Crippen molar-refractivity contribution in [1.29, 1.82) is 0 Å². The highest BCUT2D eigenvalue weighted by Crippen LogP contribution is 2.16. The van der Waals surface area contributed by atoms with Crippen molar-refractivity contribution in [2.75, 3.05) is 6.61 Å². The predicted octanol–water partition coefficient (Wildman–Crippen LogP) is 18.0. The Bertz CT molecular complexity index is 1030. The number of nitrogens with one attached hydrogen (secondary N) is 1. The maximum Gasteiger partial charge on any atom is 0.220 e. The molecule has 0 aromatic rings. The van der Waals surface area contributed by atoms with Gasteiger partial charge in [-0.3, -0.25) is 4.79 Å². The second kappa shape index (κ2) is 53.4. The fraction of sp³-hybridized carbons (Fsp3) is 0.810. The zero-order valence-corrected chi connectivity index (χ0v) is 41.6. The normalized spacial score (nSPS) is 13.3. The van der Waals surface area contributed by atoms with E-state index < -0.39 is 12.1 Å². The lowest BCUT2D eigenvalue weighted by Gasteiger charge is -2.19. The van der Waals surface area contributed by atoms with E-state index in [0.717, 1.165) is 44.9 Å². The first-order valence-corrected chi connectivity index (χ1v) is 27.5. The summed E-state index contributed by atoms with van der Waals surface area (Å²) < 4.78 is 0. The molecular formula is C58H107NO3. The van der Waals surface area contributed by atoms with Crippen LogP contribution >= 0.6 is 0 Å².